The monoisotopic (exact) mass is 981 g/mol. The van der Waals surface area contributed by atoms with Crippen LogP contribution in [-0.4, -0.2) is 92.6 Å². The van der Waals surface area contributed by atoms with Crippen molar-refractivity contribution in [1.82, 2.24) is 49.1 Å². The number of aromatic nitrogens is 10. The fraction of sp³-hybridized carbons (Fsp3) is 0.615. The van der Waals surface area contributed by atoms with Gasteiger partial charge in [-0.2, -0.15) is 20.4 Å². The van der Waals surface area contributed by atoms with E-state index in [1.807, 2.05) is 62.7 Å². The lowest BCUT2D eigenvalue weighted by molar-refractivity contribution is 0.00578. The van der Waals surface area contributed by atoms with Gasteiger partial charge in [-0.25, -0.2) is 28.9 Å². The quantitative estimate of drug-likeness (QED) is 0.0942. The highest BCUT2D eigenvalue weighted by molar-refractivity contribution is 6.62. The van der Waals surface area contributed by atoms with Crippen LogP contribution in [0.15, 0.2) is 24.5 Å². The molecule has 70 heavy (non-hydrogen) atoms. The average Bonchev–Trinajstić information content (AvgIpc) is 4.12. The highest BCUT2D eigenvalue weighted by Crippen LogP contribution is 2.40. The molecule has 1 aliphatic heterocycles. The van der Waals surface area contributed by atoms with Crippen molar-refractivity contribution in [3.05, 3.63) is 63.7 Å². The standard InChI is InChI=1S/C23H31N5O2.C18H24ClN3O2.C11H19BN2O2/c1-6-30-23(29)19-12-17(18-13-27(5)25-15(18)4)20-21(14(2)3)26-28(22(20)24-19)16-10-8-7-9-11-16;1-4-24-18(23)14-10-13(19)15-16(11(2)3)21-22(17(15)20-14)12-8-6-5-7-9-12;1-8-9(7-14(6)13-8)12-15-10(2,3)11(4,5)16-12/h12-14,16H,6-11H2,1-5H3;10-12H,4-9H2,1-3H3;7H,1-6H3. The van der Waals surface area contributed by atoms with Gasteiger partial charge in [0.05, 0.1) is 75.1 Å². The summed E-state index contributed by atoms with van der Waals surface area (Å²) < 4.78 is 30.0. The summed E-state index contributed by atoms with van der Waals surface area (Å²) in [5, 5.41) is 21.1. The Balaban J connectivity index is 0.000000162. The van der Waals surface area contributed by atoms with Crippen molar-refractivity contribution in [2.24, 2.45) is 14.1 Å². The van der Waals surface area contributed by atoms with Crippen LogP contribution in [0.2, 0.25) is 5.02 Å². The SMILES string of the molecule is CCOC(=O)c1cc(-c2cn(C)nc2C)c2c(C(C)C)nn(C3CCCCC3)c2n1.CCOC(=O)c1cc(Cl)c2c(C(C)C)nn(C3CCCCC3)c2n1.Cc1nn(C)cc1B1OC(C)(C)C(C)(C)O1. The largest absolute Gasteiger partial charge is 0.498 e. The van der Waals surface area contributed by atoms with Gasteiger partial charge in [0.25, 0.3) is 0 Å². The summed E-state index contributed by atoms with van der Waals surface area (Å²) in [5.74, 6) is -0.359. The Bertz CT molecular complexity index is 2800. The molecule has 0 atom stereocenters. The van der Waals surface area contributed by atoms with Gasteiger partial charge >= 0.3 is 19.1 Å². The summed E-state index contributed by atoms with van der Waals surface area (Å²) in [6.07, 6.45) is 15.7. The summed E-state index contributed by atoms with van der Waals surface area (Å²) in [5.41, 5.74) is 8.31. The number of ether oxygens (including phenoxy) is 2. The first-order chi connectivity index (χ1) is 33.2. The summed E-state index contributed by atoms with van der Waals surface area (Å²) >= 11 is 6.51. The van der Waals surface area contributed by atoms with E-state index in [2.05, 4.69) is 75.3 Å². The first kappa shape index (κ1) is 52.7. The summed E-state index contributed by atoms with van der Waals surface area (Å²) in [6.45, 7) is 24.9. The topological polar surface area (TPSA) is 168 Å². The number of carbonyl (C=O) groups is 2. The number of rotatable bonds is 10. The van der Waals surface area contributed by atoms with Crippen LogP contribution in [0.25, 0.3) is 33.2 Å². The molecule has 0 unspecified atom stereocenters. The van der Waals surface area contributed by atoms with Crippen LogP contribution >= 0.6 is 11.6 Å². The highest BCUT2D eigenvalue weighted by Gasteiger charge is 2.52. The number of fused-ring (bicyclic) bond motifs is 2. The van der Waals surface area contributed by atoms with Crippen molar-refractivity contribution in [1.29, 1.82) is 0 Å². The molecular formula is C52H74BClN10O6. The number of aryl methyl sites for hydroxylation is 4. The number of nitrogens with zero attached hydrogens (tertiary/aromatic N) is 10. The molecule has 9 rings (SSSR count). The van der Waals surface area contributed by atoms with Crippen molar-refractivity contribution in [3.63, 3.8) is 0 Å². The van der Waals surface area contributed by atoms with E-state index in [4.69, 9.17) is 45.6 Å². The highest BCUT2D eigenvalue weighted by atomic mass is 35.5. The predicted octanol–water partition coefficient (Wildman–Crippen LogP) is 10.9. The molecule has 16 nitrogen and oxygen atoms in total. The van der Waals surface area contributed by atoms with Gasteiger partial charge in [0.1, 0.15) is 0 Å². The molecule has 7 heterocycles. The summed E-state index contributed by atoms with van der Waals surface area (Å²) in [6, 6.07) is 4.10. The van der Waals surface area contributed by atoms with Gasteiger partial charge in [-0.15, -0.1) is 0 Å². The van der Waals surface area contributed by atoms with Crippen LogP contribution in [0, 0.1) is 13.8 Å². The molecule has 0 bridgehead atoms. The molecule has 3 fully saturated rings. The number of hydrogen-bond donors (Lipinski definition) is 0. The second kappa shape index (κ2) is 21.7. The molecule has 6 aromatic heterocycles. The van der Waals surface area contributed by atoms with Crippen molar-refractivity contribution in [3.8, 4) is 11.1 Å². The zero-order valence-corrected chi connectivity index (χ0v) is 44.7. The number of halogens is 1. The minimum Gasteiger partial charge on any atom is -0.461 e. The van der Waals surface area contributed by atoms with E-state index in [-0.39, 0.29) is 35.9 Å². The smallest absolute Gasteiger partial charge is 0.461 e. The molecule has 0 N–H and O–H groups in total. The van der Waals surface area contributed by atoms with E-state index >= 15 is 0 Å². The average molecular weight is 981 g/mol. The van der Waals surface area contributed by atoms with E-state index in [1.54, 1.807) is 17.7 Å². The molecule has 0 amide bonds. The molecule has 1 saturated heterocycles. The fourth-order valence-electron chi connectivity index (χ4n) is 9.76. The van der Waals surface area contributed by atoms with Gasteiger partial charge < -0.3 is 18.8 Å². The van der Waals surface area contributed by atoms with Crippen molar-refractivity contribution >= 4 is 58.2 Å². The Morgan fingerprint density at radius 3 is 1.54 bits per heavy atom. The van der Waals surface area contributed by atoms with E-state index < -0.39 is 11.9 Å². The summed E-state index contributed by atoms with van der Waals surface area (Å²) in [7, 11) is 3.51. The Morgan fingerprint density at radius 1 is 0.671 bits per heavy atom. The number of pyridine rings is 2. The maximum Gasteiger partial charge on any atom is 0.498 e. The molecule has 0 aromatic carbocycles. The molecule has 0 radical (unpaired) electrons. The molecule has 18 heteroatoms. The fourth-order valence-corrected chi connectivity index (χ4v) is 10.0. The lowest BCUT2D eigenvalue weighted by Gasteiger charge is -2.32. The van der Waals surface area contributed by atoms with Crippen LogP contribution in [-0.2, 0) is 32.9 Å². The molecule has 6 aromatic rings. The van der Waals surface area contributed by atoms with Gasteiger partial charge in [0.15, 0.2) is 22.7 Å². The van der Waals surface area contributed by atoms with Gasteiger partial charge in [0.2, 0.25) is 0 Å². The van der Waals surface area contributed by atoms with Gasteiger partial charge in [-0.3, -0.25) is 9.36 Å². The third kappa shape index (κ3) is 11.0. The van der Waals surface area contributed by atoms with Crippen molar-refractivity contribution < 1.29 is 28.4 Å². The molecule has 2 aliphatic carbocycles. The molecular weight excluding hydrogens is 907 g/mol. The second-order valence-electron chi connectivity index (χ2n) is 20.7. The lowest BCUT2D eigenvalue weighted by Crippen LogP contribution is -2.41. The molecule has 0 spiro atoms. The first-order valence-corrected chi connectivity index (χ1v) is 25.8. The number of carbonyl (C=O) groups excluding carboxylic acids is 2. The normalized spacial score (nSPS) is 17.2. The Hall–Kier alpha value is -5.13. The van der Waals surface area contributed by atoms with Crippen molar-refractivity contribution in [2.75, 3.05) is 13.2 Å². The third-order valence-electron chi connectivity index (χ3n) is 14.1. The Morgan fingerprint density at radius 2 is 1.11 bits per heavy atom. The molecule has 2 saturated carbocycles. The zero-order chi connectivity index (χ0) is 50.8. The van der Waals surface area contributed by atoms with Crippen LogP contribution < -0.4 is 5.46 Å². The summed E-state index contributed by atoms with van der Waals surface area (Å²) in [4.78, 5) is 34.1. The van der Waals surface area contributed by atoms with Crippen LogP contribution in [0.5, 0.6) is 0 Å². The first-order valence-electron chi connectivity index (χ1n) is 25.4. The number of esters is 2. The van der Waals surface area contributed by atoms with Crippen LogP contribution in [0.3, 0.4) is 0 Å². The van der Waals surface area contributed by atoms with Crippen LogP contribution in [0.1, 0.15) is 201 Å². The second-order valence-corrected chi connectivity index (χ2v) is 21.1. The number of hydrogen-bond acceptors (Lipinski definition) is 12. The Labute approximate surface area is 418 Å². The van der Waals surface area contributed by atoms with E-state index in [9.17, 15) is 9.59 Å². The van der Waals surface area contributed by atoms with Gasteiger partial charge in [0, 0.05) is 43.1 Å². The van der Waals surface area contributed by atoms with Gasteiger partial charge in [-0.05, 0) is 105 Å². The minimum absolute atomic E-state index is 0.239. The Kier molecular flexibility index (Phi) is 16.3. The maximum absolute atomic E-state index is 12.7. The van der Waals surface area contributed by atoms with Crippen LogP contribution in [0.4, 0.5) is 0 Å². The lowest BCUT2D eigenvalue weighted by atomic mass is 9.79. The van der Waals surface area contributed by atoms with E-state index in [0.29, 0.717) is 41.7 Å². The third-order valence-corrected chi connectivity index (χ3v) is 14.4. The molecule has 3 aliphatic rings. The zero-order valence-electron chi connectivity index (χ0n) is 44.0. The van der Waals surface area contributed by atoms with Gasteiger partial charge in [-0.1, -0.05) is 77.8 Å². The minimum atomic E-state index is -0.441. The van der Waals surface area contributed by atoms with E-state index in [0.717, 1.165) is 81.5 Å². The van der Waals surface area contributed by atoms with Crippen molar-refractivity contribution in [2.45, 2.75) is 182 Å². The van der Waals surface area contributed by atoms with E-state index in [1.165, 1.54) is 38.5 Å². The predicted molar refractivity (Wildman–Crippen MR) is 275 cm³/mol. The molecule has 378 valence electrons. The maximum atomic E-state index is 12.7.